The summed E-state index contributed by atoms with van der Waals surface area (Å²) in [4.78, 5) is 12.1. The summed E-state index contributed by atoms with van der Waals surface area (Å²) in [6.45, 7) is 1.35. The molecule has 2 nitrogen and oxygen atoms in total. The SMILES string of the molecule is C/C(=C\C(=O)c1ccc(Cl)cc1)Nc1cc(C(F)(F)F)cc(C(F)(F)F)c1. The van der Waals surface area contributed by atoms with E-state index in [1.54, 1.807) is 0 Å². The zero-order valence-corrected chi connectivity index (χ0v) is 14.4. The first-order valence-corrected chi connectivity index (χ1v) is 7.79. The summed E-state index contributed by atoms with van der Waals surface area (Å²) in [5, 5.41) is 2.80. The van der Waals surface area contributed by atoms with Crippen LogP contribution in [0.5, 0.6) is 0 Å². The quantitative estimate of drug-likeness (QED) is 0.352. The number of rotatable bonds is 4. The molecule has 0 unspecified atom stereocenters. The predicted molar refractivity (Wildman–Crippen MR) is 89.6 cm³/mol. The van der Waals surface area contributed by atoms with Gasteiger partial charge in [-0.2, -0.15) is 26.3 Å². The minimum Gasteiger partial charge on any atom is -0.359 e. The van der Waals surface area contributed by atoms with Gasteiger partial charge in [0.1, 0.15) is 0 Å². The first-order valence-electron chi connectivity index (χ1n) is 7.41. The van der Waals surface area contributed by atoms with Gasteiger partial charge in [0.15, 0.2) is 5.78 Å². The summed E-state index contributed by atoms with van der Waals surface area (Å²) in [7, 11) is 0. The smallest absolute Gasteiger partial charge is 0.359 e. The van der Waals surface area contributed by atoms with E-state index in [1.165, 1.54) is 31.2 Å². The Morgan fingerprint density at radius 3 is 1.85 bits per heavy atom. The number of hydrogen-bond donors (Lipinski definition) is 1. The monoisotopic (exact) mass is 407 g/mol. The molecule has 0 aromatic heterocycles. The van der Waals surface area contributed by atoms with E-state index in [0.717, 1.165) is 6.08 Å². The lowest BCUT2D eigenvalue weighted by Crippen LogP contribution is -2.12. The molecule has 2 aromatic rings. The van der Waals surface area contributed by atoms with Gasteiger partial charge >= 0.3 is 12.4 Å². The Labute approximate surface area is 155 Å². The van der Waals surface area contributed by atoms with Crippen LogP contribution < -0.4 is 5.32 Å². The van der Waals surface area contributed by atoms with Gasteiger partial charge in [-0.25, -0.2) is 0 Å². The number of halogens is 7. The molecule has 0 atom stereocenters. The molecule has 27 heavy (non-hydrogen) atoms. The zero-order valence-electron chi connectivity index (χ0n) is 13.7. The number of benzene rings is 2. The van der Waals surface area contributed by atoms with Crippen molar-refractivity contribution in [3.63, 3.8) is 0 Å². The topological polar surface area (TPSA) is 29.1 Å². The van der Waals surface area contributed by atoms with E-state index in [2.05, 4.69) is 5.32 Å². The van der Waals surface area contributed by atoms with Crippen molar-refractivity contribution in [1.82, 2.24) is 0 Å². The molecule has 0 bridgehead atoms. The second kappa shape index (κ2) is 7.64. The fraction of sp³-hybridized carbons (Fsp3) is 0.167. The van der Waals surface area contributed by atoms with Crippen molar-refractivity contribution >= 4 is 23.1 Å². The summed E-state index contributed by atoms with van der Waals surface area (Å²) in [5.74, 6) is -0.486. The van der Waals surface area contributed by atoms with Crippen LogP contribution in [0.15, 0.2) is 54.2 Å². The number of allylic oxidation sites excluding steroid dienone is 2. The molecule has 0 saturated carbocycles. The number of ketones is 1. The predicted octanol–water partition coefficient (Wildman–Crippen LogP) is 6.58. The minimum atomic E-state index is -4.95. The molecular formula is C18H12ClF6NO. The van der Waals surface area contributed by atoms with Gasteiger partial charge in [-0.3, -0.25) is 4.79 Å². The van der Waals surface area contributed by atoms with Gasteiger partial charge in [0.25, 0.3) is 0 Å². The number of carbonyl (C=O) groups is 1. The van der Waals surface area contributed by atoms with E-state index in [9.17, 15) is 31.1 Å². The van der Waals surface area contributed by atoms with Crippen LogP contribution in [0.4, 0.5) is 32.0 Å². The number of nitrogens with one attached hydrogen (secondary N) is 1. The van der Waals surface area contributed by atoms with Crippen molar-refractivity contribution < 1.29 is 31.1 Å². The van der Waals surface area contributed by atoms with Gasteiger partial charge in [0, 0.05) is 28.0 Å². The molecule has 2 rings (SSSR count). The lowest BCUT2D eigenvalue weighted by atomic mass is 10.1. The van der Waals surface area contributed by atoms with Crippen LogP contribution >= 0.6 is 11.6 Å². The van der Waals surface area contributed by atoms with Crippen LogP contribution in [-0.2, 0) is 12.4 Å². The molecule has 0 heterocycles. The molecule has 144 valence electrons. The molecule has 0 saturated heterocycles. The van der Waals surface area contributed by atoms with E-state index >= 15 is 0 Å². The maximum Gasteiger partial charge on any atom is 0.416 e. The van der Waals surface area contributed by atoms with Crippen molar-refractivity contribution in [3.05, 3.63) is 76.0 Å². The fourth-order valence-corrected chi connectivity index (χ4v) is 2.31. The van der Waals surface area contributed by atoms with Gasteiger partial charge in [-0.15, -0.1) is 0 Å². The molecule has 9 heteroatoms. The molecule has 0 aliphatic heterocycles. The van der Waals surface area contributed by atoms with E-state index in [1.807, 2.05) is 0 Å². The molecule has 0 aliphatic rings. The van der Waals surface area contributed by atoms with Crippen LogP contribution in [0.25, 0.3) is 0 Å². The average molecular weight is 408 g/mol. The Morgan fingerprint density at radius 2 is 1.41 bits per heavy atom. The summed E-state index contributed by atoms with van der Waals surface area (Å²) in [6.07, 6.45) is -8.83. The van der Waals surface area contributed by atoms with E-state index in [0.29, 0.717) is 17.2 Å². The number of alkyl halides is 6. The van der Waals surface area contributed by atoms with Crippen LogP contribution in [0.1, 0.15) is 28.4 Å². The summed E-state index contributed by atoms with van der Waals surface area (Å²) < 4.78 is 77.2. The van der Waals surface area contributed by atoms with Crippen LogP contribution in [0, 0.1) is 0 Å². The van der Waals surface area contributed by atoms with Crippen molar-refractivity contribution in [2.24, 2.45) is 0 Å². The third-order valence-electron chi connectivity index (χ3n) is 3.41. The van der Waals surface area contributed by atoms with Gasteiger partial charge in [-0.1, -0.05) is 11.6 Å². The van der Waals surface area contributed by atoms with Crippen LogP contribution in [0.2, 0.25) is 5.02 Å². The standard InChI is InChI=1S/C18H12ClF6NO/c1-10(6-16(27)11-2-4-14(19)5-3-11)26-15-8-12(17(20,21)22)7-13(9-15)18(23,24)25/h2-9,26H,1H3/b10-6+. The first-order chi connectivity index (χ1) is 12.4. The van der Waals surface area contributed by atoms with Crippen molar-refractivity contribution in [1.29, 1.82) is 0 Å². The number of carbonyl (C=O) groups excluding carboxylic acids is 1. The van der Waals surface area contributed by atoms with Crippen LogP contribution in [-0.4, -0.2) is 5.78 Å². The summed E-state index contributed by atoms with van der Waals surface area (Å²) in [5.41, 5.74) is -2.99. The number of hydrogen-bond acceptors (Lipinski definition) is 2. The molecule has 0 amide bonds. The normalized spacial score (nSPS) is 12.8. The molecule has 2 aromatic carbocycles. The second-order valence-electron chi connectivity index (χ2n) is 5.62. The highest BCUT2D eigenvalue weighted by Gasteiger charge is 2.36. The van der Waals surface area contributed by atoms with Crippen molar-refractivity contribution in [3.8, 4) is 0 Å². The summed E-state index contributed by atoms with van der Waals surface area (Å²) >= 11 is 5.71. The maximum absolute atomic E-state index is 12.9. The van der Waals surface area contributed by atoms with E-state index < -0.39 is 35.0 Å². The van der Waals surface area contributed by atoms with Gasteiger partial charge in [0.05, 0.1) is 11.1 Å². The third kappa shape index (κ3) is 5.75. The van der Waals surface area contributed by atoms with Gasteiger partial charge in [0.2, 0.25) is 0 Å². The molecule has 0 aliphatic carbocycles. The van der Waals surface area contributed by atoms with E-state index in [4.69, 9.17) is 11.6 Å². The molecule has 0 spiro atoms. The Hall–Kier alpha value is -2.48. The molecule has 0 fully saturated rings. The Bertz CT molecular complexity index is 837. The van der Waals surface area contributed by atoms with Crippen molar-refractivity contribution in [2.45, 2.75) is 19.3 Å². The Morgan fingerprint density at radius 1 is 0.926 bits per heavy atom. The van der Waals surface area contributed by atoms with Gasteiger partial charge < -0.3 is 5.32 Å². The first kappa shape index (κ1) is 20.8. The zero-order chi connectivity index (χ0) is 20.4. The number of anilines is 1. The highest BCUT2D eigenvalue weighted by molar-refractivity contribution is 6.30. The highest BCUT2D eigenvalue weighted by atomic mass is 35.5. The minimum absolute atomic E-state index is 0.0308. The lowest BCUT2D eigenvalue weighted by molar-refractivity contribution is -0.143. The molecule has 1 N–H and O–H groups in total. The average Bonchev–Trinajstić information content (AvgIpc) is 2.53. The summed E-state index contributed by atoms with van der Waals surface area (Å²) in [6, 6.07) is 6.96. The third-order valence-corrected chi connectivity index (χ3v) is 3.66. The lowest BCUT2D eigenvalue weighted by Gasteiger charge is -2.15. The second-order valence-corrected chi connectivity index (χ2v) is 6.05. The largest absolute Gasteiger partial charge is 0.416 e. The molecular weight excluding hydrogens is 396 g/mol. The molecule has 0 radical (unpaired) electrons. The van der Waals surface area contributed by atoms with Crippen molar-refractivity contribution in [2.75, 3.05) is 5.32 Å². The maximum atomic E-state index is 12.9. The Balaban J connectivity index is 2.32. The van der Waals surface area contributed by atoms with E-state index in [-0.39, 0.29) is 17.3 Å². The van der Waals surface area contributed by atoms with Crippen LogP contribution in [0.3, 0.4) is 0 Å². The Kier molecular flexibility index (Phi) is 5.89. The fourth-order valence-electron chi connectivity index (χ4n) is 2.18. The van der Waals surface area contributed by atoms with Gasteiger partial charge in [-0.05, 0) is 49.4 Å². The highest BCUT2D eigenvalue weighted by Crippen LogP contribution is 2.37.